The Morgan fingerprint density at radius 2 is 1.79 bits per heavy atom. The second-order valence-electron chi connectivity index (χ2n) is 7.12. The number of aryl methyl sites for hydroxylation is 1. The molecule has 0 aromatic heterocycles. The lowest BCUT2D eigenvalue weighted by Gasteiger charge is -2.21. The number of nitrogens with one attached hydrogen (secondary N) is 2. The van der Waals surface area contributed by atoms with Crippen LogP contribution in [0.15, 0.2) is 54.6 Å². The Kier molecular flexibility index (Phi) is 6.16. The Bertz CT molecular complexity index is 900. The number of rotatable bonds is 8. The third kappa shape index (κ3) is 4.74. The van der Waals surface area contributed by atoms with Crippen LogP contribution < -0.4 is 15.4 Å². The summed E-state index contributed by atoms with van der Waals surface area (Å²) in [6.07, 6.45) is 1.10. The molecule has 0 radical (unpaired) electrons. The average molecular weight is 395 g/mol. The highest BCUT2D eigenvalue weighted by Gasteiger charge is 2.47. The molecule has 3 rings (SSSR count). The molecule has 0 unspecified atom stereocenters. The number of imide groups is 1. The van der Waals surface area contributed by atoms with Crippen molar-refractivity contribution in [3.63, 3.8) is 0 Å². The van der Waals surface area contributed by atoms with Crippen LogP contribution in [0.1, 0.15) is 25.8 Å². The Balaban J connectivity index is 1.63. The molecule has 0 saturated carbocycles. The summed E-state index contributed by atoms with van der Waals surface area (Å²) in [4.78, 5) is 38.6. The predicted molar refractivity (Wildman–Crippen MR) is 110 cm³/mol. The molecule has 1 atom stereocenters. The van der Waals surface area contributed by atoms with Gasteiger partial charge >= 0.3 is 6.03 Å². The summed E-state index contributed by atoms with van der Waals surface area (Å²) in [6.45, 7) is 3.65. The third-order valence-electron chi connectivity index (χ3n) is 4.86. The van der Waals surface area contributed by atoms with Gasteiger partial charge in [-0.3, -0.25) is 14.5 Å². The molecule has 7 heteroatoms. The summed E-state index contributed by atoms with van der Waals surface area (Å²) >= 11 is 0. The van der Waals surface area contributed by atoms with Gasteiger partial charge in [-0.05, 0) is 44.4 Å². The lowest BCUT2D eigenvalue weighted by molar-refractivity contribution is -0.133. The van der Waals surface area contributed by atoms with Crippen LogP contribution in [-0.2, 0) is 16.0 Å². The minimum atomic E-state index is -1.03. The Hall–Kier alpha value is -3.35. The van der Waals surface area contributed by atoms with Gasteiger partial charge in [0.05, 0.1) is 12.3 Å². The van der Waals surface area contributed by atoms with E-state index >= 15 is 0 Å². The summed E-state index contributed by atoms with van der Waals surface area (Å²) in [6, 6.07) is 16.2. The second-order valence-corrected chi connectivity index (χ2v) is 7.12. The maximum Gasteiger partial charge on any atom is 0.325 e. The predicted octanol–water partition coefficient (Wildman–Crippen LogP) is 2.97. The summed E-state index contributed by atoms with van der Waals surface area (Å²) in [5, 5.41) is 5.44. The van der Waals surface area contributed by atoms with Crippen LogP contribution in [0.4, 0.5) is 10.5 Å². The summed E-state index contributed by atoms with van der Waals surface area (Å²) in [7, 11) is 0. The lowest BCUT2D eigenvalue weighted by Crippen LogP contribution is -2.45. The van der Waals surface area contributed by atoms with E-state index in [0.717, 1.165) is 10.5 Å². The van der Waals surface area contributed by atoms with Crippen LogP contribution in [0.25, 0.3) is 0 Å². The highest BCUT2D eigenvalue weighted by atomic mass is 16.5. The second kappa shape index (κ2) is 8.77. The largest absolute Gasteiger partial charge is 0.492 e. The van der Waals surface area contributed by atoms with Gasteiger partial charge in [0.1, 0.15) is 17.8 Å². The number of ether oxygens (including phenoxy) is 1. The molecule has 7 nitrogen and oxygen atoms in total. The molecule has 1 aliphatic heterocycles. The minimum absolute atomic E-state index is 0.355. The average Bonchev–Trinajstić information content (AvgIpc) is 2.92. The first-order valence-corrected chi connectivity index (χ1v) is 9.62. The van der Waals surface area contributed by atoms with E-state index in [1.54, 1.807) is 31.2 Å². The molecular weight excluding hydrogens is 370 g/mol. The quantitative estimate of drug-likeness (QED) is 0.673. The van der Waals surface area contributed by atoms with Crippen molar-refractivity contribution < 1.29 is 19.1 Å². The van der Waals surface area contributed by atoms with Crippen molar-refractivity contribution in [1.82, 2.24) is 10.2 Å². The first kappa shape index (κ1) is 20.4. The topological polar surface area (TPSA) is 87.7 Å². The van der Waals surface area contributed by atoms with Crippen LogP contribution in [0.2, 0.25) is 0 Å². The summed E-state index contributed by atoms with van der Waals surface area (Å²) in [5.74, 6) is -0.326. The molecule has 0 bridgehead atoms. The van der Waals surface area contributed by atoms with E-state index in [4.69, 9.17) is 4.74 Å². The van der Waals surface area contributed by atoms with Crippen LogP contribution in [0.3, 0.4) is 0 Å². The zero-order valence-electron chi connectivity index (χ0n) is 16.6. The number of nitrogens with zero attached hydrogens (tertiary/aromatic N) is 1. The molecule has 152 valence electrons. The first-order valence-electron chi connectivity index (χ1n) is 9.62. The lowest BCUT2D eigenvalue weighted by atomic mass is 9.93. The molecule has 4 amide bonds. The van der Waals surface area contributed by atoms with Gasteiger partial charge in [-0.15, -0.1) is 0 Å². The van der Waals surface area contributed by atoms with Crippen molar-refractivity contribution in [2.75, 3.05) is 18.5 Å². The van der Waals surface area contributed by atoms with Gasteiger partial charge in [0.2, 0.25) is 5.91 Å². The van der Waals surface area contributed by atoms with Gasteiger partial charge in [-0.25, -0.2) is 4.79 Å². The number of hydrogen-bond acceptors (Lipinski definition) is 4. The maximum atomic E-state index is 12.9. The smallest absolute Gasteiger partial charge is 0.325 e. The van der Waals surface area contributed by atoms with E-state index < -0.39 is 23.4 Å². The molecule has 0 aliphatic carbocycles. The number of benzene rings is 2. The van der Waals surface area contributed by atoms with Gasteiger partial charge in [-0.2, -0.15) is 0 Å². The van der Waals surface area contributed by atoms with Crippen molar-refractivity contribution in [2.45, 2.75) is 32.2 Å². The van der Waals surface area contributed by atoms with E-state index in [-0.39, 0.29) is 6.54 Å². The number of urea groups is 1. The number of carbonyl (C=O) groups excluding carboxylic acids is 3. The number of para-hydroxylation sites is 2. The van der Waals surface area contributed by atoms with Crippen molar-refractivity contribution in [3.05, 3.63) is 60.2 Å². The van der Waals surface area contributed by atoms with Crippen LogP contribution in [-0.4, -0.2) is 41.4 Å². The molecule has 1 aliphatic rings. The zero-order chi connectivity index (χ0) is 20.9. The number of hydrogen-bond donors (Lipinski definition) is 2. The number of anilines is 1. The molecular formula is C22H25N3O4. The zero-order valence-corrected chi connectivity index (χ0v) is 16.6. The third-order valence-corrected chi connectivity index (χ3v) is 4.86. The normalized spacial score (nSPS) is 18.5. The molecule has 29 heavy (non-hydrogen) atoms. The minimum Gasteiger partial charge on any atom is -0.492 e. The van der Waals surface area contributed by atoms with Gasteiger partial charge in [0.15, 0.2) is 0 Å². The molecule has 1 saturated heterocycles. The highest BCUT2D eigenvalue weighted by molar-refractivity contribution is 6.10. The molecule has 1 heterocycles. The van der Waals surface area contributed by atoms with Crippen molar-refractivity contribution in [1.29, 1.82) is 0 Å². The van der Waals surface area contributed by atoms with Crippen molar-refractivity contribution >= 4 is 23.5 Å². The van der Waals surface area contributed by atoms with Gasteiger partial charge in [0.25, 0.3) is 5.91 Å². The van der Waals surface area contributed by atoms with Crippen molar-refractivity contribution in [3.8, 4) is 5.75 Å². The van der Waals surface area contributed by atoms with Gasteiger partial charge in [0, 0.05) is 0 Å². The van der Waals surface area contributed by atoms with E-state index in [2.05, 4.69) is 10.6 Å². The molecule has 1 fully saturated rings. The van der Waals surface area contributed by atoms with Gasteiger partial charge < -0.3 is 15.4 Å². The van der Waals surface area contributed by atoms with Crippen LogP contribution >= 0.6 is 0 Å². The number of carbonyl (C=O) groups is 3. The maximum absolute atomic E-state index is 12.9. The van der Waals surface area contributed by atoms with Crippen molar-refractivity contribution in [2.24, 2.45) is 0 Å². The molecule has 2 aromatic rings. The first-order chi connectivity index (χ1) is 13.9. The fourth-order valence-electron chi connectivity index (χ4n) is 3.28. The van der Waals surface area contributed by atoms with E-state index in [9.17, 15) is 14.4 Å². The Labute approximate surface area is 170 Å². The monoisotopic (exact) mass is 395 g/mol. The fourth-order valence-corrected chi connectivity index (χ4v) is 3.28. The Morgan fingerprint density at radius 1 is 1.10 bits per heavy atom. The van der Waals surface area contributed by atoms with Crippen LogP contribution in [0.5, 0.6) is 5.75 Å². The molecule has 0 spiro atoms. The molecule has 2 N–H and O–H groups in total. The molecule has 2 aromatic carbocycles. The fraction of sp³-hybridized carbons (Fsp3) is 0.318. The standard InChI is InChI=1S/C22H25N3O4/c1-3-29-18-12-8-7-11-17(18)23-19(26)15-25-20(27)22(2,24-21(25)28)14-13-16-9-5-4-6-10-16/h4-12H,3,13-15H2,1-2H3,(H,23,26)(H,24,28)/t22-/m0/s1. The summed E-state index contributed by atoms with van der Waals surface area (Å²) < 4.78 is 5.48. The van der Waals surface area contributed by atoms with Crippen LogP contribution in [0, 0.1) is 0 Å². The van der Waals surface area contributed by atoms with E-state index in [0.29, 0.717) is 30.9 Å². The highest BCUT2D eigenvalue weighted by Crippen LogP contribution is 2.25. The van der Waals surface area contributed by atoms with Gasteiger partial charge in [-0.1, -0.05) is 42.5 Å². The van der Waals surface area contributed by atoms with E-state index in [1.165, 1.54) is 0 Å². The summed E-state index contributed by atoms with van der Waals surface area (Å²) in [5.41, 5.74) is 0.550. The van der Waals surface area contributed by atoms with E-state index in [1.807, 2.05) is 37.3 Å². The number of amides is 4. The SMILES string of the molecule is CCOc1ccccc1NC(=O)CN1C(=O)N[C@@](C)(CCc2ccccc2)C1=O. The Morgan fingerprint density at radius 3 is 2.52 bits per heavy atom.